The van der Waals surface area contributed by atoms with Crippen molar-refractivity contribution < 1.29 is 18.3 Å². The van der Waals surface area contributed by atoms with Gasteiger partial charge < -0.3 is 14.8 Å². The molecule has 0 aromatic heterocycles. The summed E-state index contributed by atoms with van der Waals surface area (Å²) >= 11 is 0. The van der Waals surface area contributed by atoms with Crippen molar-refractivity contribution in [3.8, 4) is 6.07 Å². The number of nitrogens with zero attached hydrogens (tertiary/aromatic N) is 1. The van der Waals surface area contributed by atoms with Gasteiger partial charge in [0, 0.05) is 22.9 Å². The zero-order valence-corrected chi connectivity index (χ0v) is 13.3. The van der Waals surface area contributed by atoms with Crippen LogP contribution in [-0.4, -0.2) is 19.3 Å². The van der Waals surface area contributed by atoms with Crippen LogP contribution in [0.3, 0.4) is 0 Å². The first-order chi connectivity index (χ1) is 12.2. The zero-order chi connectivity index (χ0) is 17.4. The van der Waals surface area contributed by atoms with Gasteiger partial charge in [0.2, 0.25) is 0 Å². The van der Waals surface area contributed by atoms with Gasteiger partial charge >= 0.3 is 0 Å². The number of anilines is 1. The molecule has 2 heterocycles. The number of nitrogens with one attached hydrogen (secondary N) is 1. The Kier molecular flexibility index (Phi) is 4.12. The standard InChI is InChI=1S/C19H16F2N2O2/c20-12-2-3-13(15(21)10-12)17-19-18(24-7-8-25-19)14-9-11(5-6-22)1-4-16(14)23-17/h1-4,9-10,17-19,23H,5,7-8H2. The Morgan fingerprint density at radius 2 is 1.92 bits per heavy atom. The lowest BCUT2D eigenvalue weighted by atomic mass is 9.86. The van der Waals surface area contributed by atoms with E-state index in [2.05, 4.69) is 11.4 Å². The van der Waals surface area contributed by atoms with E-state index < -0.39 is 23.8 Å². The van der Waals surface area contributed by atoms with E-state index in [9.17, 15) is 8.78 Å². The SMILES string of the molecule is N#CCc1ccc2c(c1)C1OCCOC1C(c1ccc(F)cc1F)N2. The van der Waals surface area contributed by atoms with Gasteiger partial charge in [0.25, 0.3) is 0 Å². The summed E-state index contributed by atoms with van der Waals surface area (Å²) in [5.74, 6) is -1.23. The predicted octanol–water partition coefficient (Wildman–Crippen LogP) is 3.65. The maximum Gasteiger partial charge on any atom is 0.131 e. The molecule has 0 bridgehead atoms. The Bertz CT molecular complexity index is 850. The molecule has 0 amide bonds. The van der Waals surface area contributed by atoms with Gasteiger partial charge in [0.15, 0.2) is 0 Å². The molecular formula is C19H16F2N2O2. The second-order valence-electron chi connectivity index (χ2n) is 6.17. The lowest BCUT2D eigenvalue weighted by molar-refractivity contribution is -0.151. The van der Waals surface area contributed by atoms with Gasteiger partial charge in [0.05, 0.1) is 31.7 Å². The number of hydrogen-bond acceptors (Lipinski definition) is 4. The third-order valence-electron chi connectivity index (χ3n) is 4.63. The largest absolute Gasteiger partial charge is 0.375 e. The van der Waals surface area contributed by atoms with E-state index in [4.69, 9.17) is 14.7 Å². The Morgan fingerprint density at radius 3 is 2.72 bits per heavy atom. The average molecular weight is 342 g/mol. The molecule has 0 aliphatic carbocycles. The average Bonchev–Trinajstić information content (AvgIpc) is 2.62. The fourth-order valence-corrected chi connectivity index (χ4v) is 3.52. The van der Waals surface area contributed by atoms with Crippen molar-refractivity contribution in [3.63, 3.8) is 0 Å². The Labute approximate surface area is 144 Å². The smallest absolute Gasteiger partial charge is 0.131 e. The molecule has 0 spiro atoms. The summed E-state index contributed by atoms with van der Waals surface area (Å²) in [6.45, 7) is 0.858. The lowest BCUT2D eigenvalue weighted by Crippen LogP contribution is -2.43. The summed E-state index contributed by atoms with van der Waals surface area (Å²) in [4.78, 5) is 0. The molecule has 1 N–H and O–H groups in total. The van der Waals surface area contributed by atoms with E-state index >= 15 is 0 Å². The van der Waals surface area contributed by atoms with Crippen molar-refractivity contribution in [2.24, 2.45) is 0 Å². The number of halogens is 2. The summed E-state index contributed by atoms with van der Waals surface area (Å²) in [7, 11) is 0. The minimum atomic E-state index is -0.616. The first-order valence-corrected chi connectivity index (χ1v) is 8.12. The molecule has 2 aliphatic heterocycles. The fourth-order valence-electron chi connectivity index (χ4n) is 3.52. The molecule has 3 unspecified atom stereocenters. The normalized spacial score (nSPS) is 24.6. The lowest BCUT2D eigenvalue weighted by Gasteiger charge is -2.43. The van der Waals surface area contributed by atoms with E-state index in [0.29, 0.717) is 25.2 Å². The molecule has 3 atom stereocenters. The van der Waals surface area contributed by atoms with Gasteiger partial charge in [0.1, 0.15) is 23.8 Å². The van der Waals surface area contributed by atoms with Gasteiger partial charge in [-0.15, -0.1) is 0 Å². The Balaban J connectivity index is 1.77. The minimum absolute atomic E-state index is 0.307. The molecule has 128 valence electrons. The van der Waals surface area contributed by atoms with Crippen LogP contribution in [0.25, 0.3) is 0 Å². The van der Waals surface area contributed by atoms with E-state index in [-0.39, 0.29) is 6.10 Å². The van der Waals surface area contributed by atoms with Crippen molar-refractivity contribution in [1.82, 2.24) is 0 Å². The van der Waals surface area contributed by atoms with Crippen LogP contribution < -0.4 is 5.32 Å². The first-order valence-electron chi connectivity index (χ1n) is 8.12. The van der Waals surface area contributed by atoms with E-state index in [1.165, 1.54) is 12.1 Å². The summed E-state index contributed by atoms with van der Waals surface area (Å²) in [6, 6.07) is 10.8. The third kappa shape index (κ3) is 2.86. The van der Waals surface area contributed by atoms with Gasteiger partial charge in [-0.25, -0.2) is 8.78 Å². The highest BCUT2D eigenvalue weighted by Crippen LogP contribution is 2.44. The number of fused-ring (bicyclic) bond motifs is 3. The van der Waals surface area contributed by atoms with Crippen LogP contribution in [0.2, 0.25) is 0 Å². The second kappa shape index (κ2) is 6.43. The van der Waals surface area contributed by atoms with Gasteiger partial charge in [-0.3, -0.25) is 0 Å². The molecular weight excluding hydrogens is 326 g/mol. The second-order valence-corrected chi connectivity index (χ2v) is 6.17. The molecule has 4 nitrogen and oxygen atoms in total. The third-order valence-corrected chi connectivity index (χ3v) is 4.63. The fraction of sp³-hybridized carbons (Fsp3) is 0.316. The van der Waals surface area contributed by atoms with Crippen LogP contribution in [0.5, 0.6) is 0 Å². The molecule has 25 heavy (non-hydrogen) atoms. The zero-order valence-electron chi connectivity index (χ0n) is 13.3. The van der Waals surface area contributed by atoms with Crippen LogP contribution >= 0.6 is 0 Å². The first kappa shape index (κ1) is 16.0. The van der Waals surface area contributed by atoms with Gasteiger partial charge in [-0.1, -0.05) is 12.1 Å². The molecule has 1 fully saturated rings. The number of rotatable bonds is 2. The molecule has 2 aliphatic rings. The van der Waals surface area contributed by atoms with Crippen molar-refractivity contribution in [2.75, 3.05) is 18.5 Å². The monoisotopic (exact) mass is 342 g/mol. The van der Waals surface area contributed by atoms with Gasteiger partial charge in [-0.2, -0.15) is 5.26 Å². The summed E-state index contributed by atoms with van der Waals surface area (Å²) in [5, 5.41) is 12.2. The van der Waals surface area contributed by atoms with Crippen LogP contribution in [-0.2, 0) is 15.9 Å². The highest BCUT2D eigenvalue weighted by molar-refractivity contribution is 5.59. The van der Waals surface area contributed by atoms with Gasteiger partial charge in [-0.05, 0) is 23.8 Å². The summed E-state index contributed by atoms with van der Waals surface area (Å²) in [6.07, 6.45) is -0.488. The quantitative estimate of drug-likeness (QED) is 0.905. The summed E-state index contributed by atoms with van der Waals surface area (Å²) in [5.41, 5.74) is 2.94. The molecule has 4 rings (SSSR count). The van der Waals surface area contributed by atoms with Crippen molar-refractivity contribution >= 4 is 5.69 Å². The maximum atomic E-state index is 14.3. The van der Waals surface area contributed by atoms with E-state index in [0.717, 1.165) is 22.9 Å². The van der Waals surface area contributed by atoms with E-state index in [1.807, 2.05) is 18.2 Å². The topological polar surface area (TPSA) is 54.3 Å². The molecule has 0 saturated carbocycles. The summed E-state index contributed by atoms with van der Waals surface area (Å²) < 4.78 is 39.4. The Morgan fingerprint density at radius 1 is 1.08 bits per heavy atom. The molecule has 0 radical (unpaired) electrons. The Hall–Kier alpha value is -2.49. The van der Waals surface area contributed by atoms with E-state index in [1.54, 1.807) is 0 Å². The molecule has 2 aromatic carbocycles. The highest BCUT2D eigenvalue weighted by atomic mass is 19.1. The van der Waals surface area contributed by atoms with Crippen LogP contribution in [0.1, 0.15) is 28.8 Å². The highest BCUT2D eigenvalue weighted by Gasteiger charge is 2.42. The number of nitriles is 1. The predicted molar refractivity (Wildman–Crippen MR) is 86.9 cm³/mol. The van der Waals surface area contributed by atoms with Crippen LogP contribution in [0, 0.1) is 23.0 Å². The molecule has 6 heteroatoms. The van der Waals surface area contributed by atoms with Crippen LogP contribution in [0.4, 0.5) is 14.5 Å². The van der Waals surface area contributed by atoms with Crippen molar-refractivity contribution in [1.29, 1.82) is 5.26 Å². The number of hydrogen-bond donors (Lipinski definition) is 1. The number of benzene rings is 2. The van der Waals surface area contributed by atoms with Crippen molar-refractivity contribution in [3.05, 3.63) is 64.7 Å². The van der Waals surface area contributed by atoms with Crippen LogP contribution in [0.15, 0.2) is 36.4 Å². The minimum Gasteiger partial charge on any atom is -0.375 e. The maximum absolute atomic E-state index is 14.3. The number of ether oxygens (including phenoxy) is 2. The molecule has 2 aromatic rings. The molecule has 1 saturated heterocycles. The van der Waals surface area contributed by atoms with Crippen molar-refractivity contribution in [2.45, 2.75) is 24.7 Å².